The molecule has 1 unspecified atom stereocenters. The normalized spacial score (nSPS) is 27.1. The highest BCUT2D eigenvalue weighted by molar-refractivity contribution is 5.40. The monoisotopic (exact) mass is 223 g/mol. The summed E-state index contributed by atoms with van der Waals surface area (Å²) in [5.74, 6) is 0.949. The van der Waals surface area contributed by atoms with Gasteiger partial charge >= 0.3 is 0 Å². The van der Waals surface area contributed by atoms with E-state index in [-0.39, 0.29) is 0 Å². The molecule has 86 valence electrons. The number of rotatable bonds is 3. The van der Waals surface area contributed by atoms with E-state index in [9.17, 15) is 0 Å². The Morgan fingerprint density at radius 2 is 1.94 bits per heavy atom. The van der Waals surface area contributed by atoms with Crippen LogP contribution in [0.5, 0.6) is 0 Å². The van der Waals surface area contributed by atoms with E-state index in [2.05, 4.69) is 55.2 Å². The molecule has 1 nitrogen and oxygen atoms in total. The first-order valence-corrected chi connectivity index (χ1v) is 5.81. The fraction of sp³-hybridized carbons (Fsp3) is 0.125. The van der Waals surface area contributed by atoms with Crippen molar-refractivity contribution in [2.75, 3.05) is 0 Å². The van der Waals surface area contributed by atoms with Gasteiger partial charge < -0.3 is 5.73 Å². The van der Waals surface area contributed by atoms with Gasteiger partial charge in [-0.25, -0.2) is 0 Å². The van der Waals surface area contributed by atoms with Gasteiger partial charge in [0, 0.05) is 17.5 Å². The Balaban J connectivity index is 2.13. The van der Waals surface area contributed by atoms with Crippen LogP contribution >= 0.6 is 0 Å². The van der Waals surface area contributed by atoms with Gasteiger partial charge in [0.25, 0.3) is 0 Å². The van der Waals surface area contributed by atoms with Gasteiger partial charge in [-0.2, -0.15) is 0 Å². The zero-order chi connectivity index (χ0) is 12.1. The largest absolute Gasteiger partial charge is 0.399 e. The van der Waals surface area contributed by atoms with Gasteiger partial charge in [0.05, 0.1) is 0 Å². The van der Waals surface area contributed by atoms with Gasteiger partial charge in [0.1, 0.15) is 0 Å². The molecule has 2 atom stereocenters. The van der Waals surface area contributed by atoms with Crippen LogP contribution in [0.3, 0.4) is 0 Å². The second kappa shape index (κ2) is 5.35. The van der Waals surface area contributed by atoms with E-state index in [1.54, 1.807) is 6.08 Å². The molecule has 2 aliphatic rings. The summed E-state index contributed by atoms with van der Waals surface area (Å²) < 4.78 is 0. The number of nitrogens with two attached hydrogens (primary N) is 1. The molecule has 17 heavy (non-hydrogen) atoms. The molecule has 0 spiro atoms. The van der Waals surface area contributed by atoms with E-state index in [4.69, 9.17) is 5.73 Å². The maximum atomic E-state index is 5.65. The van der Waals surface area contributed by atoms with Crippen molar-refractivity contribution in [1.82, 2.24) is 0 Å². The summed E-state index contributed by atoms with van der Waals surface area (Å²) in [5.41, 5.74) is 7.65. The maximum Gasteiger partial charge on any atom is 0.0308 e. The second-order valence-corrected chi connectivity index (χ2v) is 4.15. The van der Waals surface area contributed by atoms with E-state index < -0.39 is 0 Å². The lowest BCUT2D eigenvalue weighted by Gasteiger charge is -2.25. The van der Waals surface area contributed by atoms with Gasteiger partial charge in [-0.1, -0.05) is 61.3 Å². The molecule has 0 aromatic heterocycles. The van der Waals surface area contributed by atoms with Gasteiger partial charge in [0.2, 0.25) is 0 Å². The first-order valence-electron chi connectivity index (χ1n) is 5.81. The number of fused-ring (bicyclic) bond motifs is 1. The van der Waals surface area contributed by atoms with E-state index in [1.807, 2.05) is 12.2 Å². The molecule has 0 saturated heterocycles. The molecule has 2 N–H and O–H groups in total. The van der Waals surface area contributed by atoms with Crippen molar-refractivity contribution in [2.45, 2.75) is 0 Å². The summed E-state index contributed by atoms with van der Waals surface area (Å²) in [4.78, 5) is 0. The topological polar surface area (TPSA) is 26.0 Å². The van der Waals surface area contributed by atoms with Crippen LogP contribution in [0, 0.1) is 11.8 Å². The maximum absolute atomic E-state index is 5.65. The Morgan fingerprint density at radius 3 is 2.76 bits per heavy atom. The van der Waals surface area contributed by atoms with Crippen molar-refractivity contribution >= 4 is 0 Å². The fourth-order valence-corrected chi connectivity index (χ4v) is 2.05. The summed E-state index contributed by atoms with van der Waals surface area (Å²) in [5, 5.41) is 0. The Morgan fingerprint density at radius 1 is 1.18 bits per heavy atom. The third kappa shape index (κ3) is 2.76. The lowest BCUT2D eigenvalue weighted by molar-refractivity contribution is 0.636. The molecule has 0 saturated carbocycles. The molecule has 2 rings (SSSR count). The first-order chi connectivity index (χ1) is 8.31. The van der Waals surface area contributed by atoms with E-state index in [1.165, 1.54) is 5.57 Å². The van der Waals surface area contributed by atoms with Crippen LogP contribution in [0.2, 0.25) is 0 Å². The summed E-state index contributed by atoms with van der Waals surface area (Å²) in [7, 11) is 0. The molecule has 0 fully saturated rings. The lowest BCUT2D eigenvalue weighted by atomic mass is 9.79. The zero-order valence-electron chi connectivity index (χ0n) is 9.79. The van der Waals surface area contributed by atoms with Crippen LogP contribution in [0.1, 0.15) is 0 Å². The van der Waals surface area contributed by atoms with Crippen LogP contribution in [0.25, 0.3) is 0 Å². The number of hydrogen-bond donors (Lipinski definition) is 1. The minimum atomic E-state index is 0.458. The molecule has 2 aliphatic carbocycles. The smallest absolute Gasteiger partial charge is 0.0308 e. The summed E-state index contributed by atoms with van der Waals surface area (Å²) in [6.07, 6.45) is 22.8. The van der Waals surface area contributed by atoms with Crippen molar-refractivity contribution in [3.63, 3.8) is 0 Å². The predicted molar refractivity (Wildman–Crippen MR) is 74.1 cm³/mol. The Labute approximate surface area is 103 Å². The molecule has 0 aromatic rings. The molecule has 0 heterocycles. The molecule has 0 aromatic carbocycles. The quantitative estimate of drug-likeness (QED) is 0.729. The highest BCUT2D eigenvalue weighted by atomic mass is 14.5. The van der Waals surface area contributed by atoms with Crippen LogP contribution in [0.4, 0.5) is 0 Å². The molecule has 0 aliphatic heterocycles. The lowest BCUT2D eigenvalue weighted by Crippen LogP contribution is -2.14. The van der Waals surface area contributed by atoms with E-state index in [0.717, 1.165) is 0 Å². The summed E-state index contributed by atoms with van der Waals surface area (Å²) >= 11 is 0. The Bertz CT molecular complexity index is 470. The van der Waals surface area contributed by atoms with Gasteiger partial charge in [-0.15, -0.1) is 0 Å². The van der Waals surface area contributed by atoms with Crippen molar-refractivity contribution in [2.24, 2.45) is 17.6 Å². The standard InChI is InChI=1S/C16H17N/c1-2-15(17)11-6-10-14-9-5-8-13-7-3-4-12-16(13)14/h2-13,16H,1,17H2/b10-6+,15-11+/t13-,16?/m1/s1. The summed E-state index contributed by atoms with van der Waals surface area (Å²) in [6, 6.07) is 0. The van der Waals surface area contributed by atoms with Gasteiger partial charge in [-0.05, 0) is 17.7 Å². The molecule has 0 bridgehead atoms. The van der Waals surface area contributed by atoms with E-state index >= 15 is 0 Å². The third-order valence-electron chi connectivity index (χ3n) is 3.00. The van der Waals surface area contributed by atoms with Crippen molar-refractivity contribution in [1.29, 1.82) is 0 Å². The van der Waals surface area contributed by atoms with Crippen molar-refractivity contribution in [3.05, 3.63) is 84.7 Å². The zero-order valence-corrected chi connectivity index (χ0v) is 9.79. The second-order valence-electron chi connectivity index (χ2n) is 4.15. The molecule has 0 amide bonds. The highest BCUT2D eigenvalue weighted by Gasteiger charge is 2.20. The average Bonchev–Trinajstić information content (AvgIpc) is 2.39. The predicted octanol–water partition coefficient (Wildman–Crippen LogP) is 3.43. The molecule has 0 radical (unpaired) electrons. The van der Waals surface area contributed by atoms with Crippen LogP contribution in [0.15, 0.2) is 84.7 Å². The van der Waals surface area contributed by atoms with Crippen molar-refractivity contribution < 1.29 is 0 Å². The minimum Gasteiger partial charge on any atom is -0.399 e. The molecule has 1 heteroatoms. The molecular formula is C16H17N. The average molecular weight is 223 g/mol. The fourth-order valence-electron chi connectivity index (χ4n) is 2.05. The first kappa shape index (κ1) is 11.5. The van der Waals surface area contributed by atoms with Gasteiger partial charge in [-0.3, -0.25) is 0 Å². The Kier molecular flexibility index (Phi) is 3.61. The van der Waals surface area contributed by atoms with Crippen molar-refractivity contribution in [3.8, 4) is 0 Å². The SMILES string of the molecule is C=C/C(N)=C\C=C\C1=CC=C[C@H]2C=CC=CC12. The Hall–Kier alpha value is -2.02. The molecular weight excluding hydrogens is 206 g/mol. The van der Waals surface area contributed by atoms with Gasteiger partial charge in [0.15, 0.2) is 0 Å². The van der Waals surface area contributed by atoms with Crippen LogP contribution in [-0.4, -0.2) is 0 Å². The summed E-state index contributed by atoms with van der Waals surface area (Å²) in [6.45, 7) is 3.62. The van der Waals surface area contributed by atoms with Crippen LogP contribution < -0.4 is 5.73 Å². The number of allylic oxidation sites excluding steroid dienone is 12. The van der Waals surface area contributed by atoms with E-state index in [0.29, 0.717) is 17.5 Å². The number of hydrogen-bond acceptors (Lipinski definition) is 1. The van der Waals surface area contributed by atoms with Crippen LogP contribution in [-0.2, 0) is 0 Å². The third-order valence-corrected chi connectivity index (χ3v) is 3.00. The highest BCUT2D eigenvalue weighted by Crippen LogP contribution is 2.31. The minimum absolute atomic E-state index is 0.458.